The molecule has 148 valence electrons. The zero-order chi connectivity index (χ0) is 20.1. The Morgan fingerprint density at radius 1 is 0.964 bits per heavy atom. The first kappa shape index (κ1) is 20.1. The van der Waals surface area contributed by atoms with E-state index in [0.29, 0.717) is 30.2 Å². The van der Waals surface area contributed by atoms with Gasteiger partial charge in [0.1, 0.15) is 11.5 Å². The number of allylic oxidation sites excluding steroid dienone is 1. The smallest absolute Gasteiger partial charge is 0.243 e. The molecule has 3 rings (SSSR count). The second-order valence-corrected chi connectivity index (χ2v) is 8.42. The number of carbonyl (C=O) groups is 1. The van der Waals surface area contributed by atoms with Crippen LogP contribution in [0.1, 0.15) is 28.8 Å². The Morgan fingerprint density at radius 3 is 2.07 bits per heavy atom. The minimum absolute atomic E-state index is 0.215. The van der Waals surface area contributed by atoms with Crippen LogP contribution in [0, 0.1) is 0 Å². The first-order valence-electron chi connectivity index (χ1n) is 9.00. The van der Waals surface area contributed by atoms with Crippen LogP contribution in [0.2, 0.25) is 0 Å². The van der Waals surface area contributed by atoms with Crippen LogP contribution in [0.15, 0.2) is 53.4 Å². The lowest BCUT2D eigenvalue weighted by Crippen LogP contribution is -2.27. The molecule has 2 aromatic carbocycles. The van der Waals surface area contributed by atoms with E-state index in [1.54, 1.807) is 50.6 Å². The van der Waals surface area contributed by atoms with Gasteiger partial charge in [0.25, 0.3) is 0 Å². The summed E-state index contributed by atoms with van der Waals surface area (Å²) in [6.45, 7) is 1.10. The predicted molar refractivity (Wildman–Crippen MR) is 107 cm³/mol. The van der Waals surface area contributed by atoms with E-state index < -0.39 is 10.0 Å². The van der Waals surface area contributed by atoms with E-state index in [4.69, 9.17) is 9.47 Å². The van der Waals surface area contributed by atoms with Gasteiger partial charge in [-0.05, 0) is 60.9 Å². The number of sulfonamides is 1. The van der Waals surface area contributed by atoms with Gasteiger partial charge < -0.3 is 9.47 Å². The molecule has 1 aliphatic rings. The topological polar surface area (TPSA) is 72.9 Å². The number of ether oxygens (including phenoxy) is 2. The Labute approximate surface area is 165 Å². The summed E-state index contributed by atoms with van der Waals surface area (Å²) < 4.78 is 37.0. The molecule has 0 spiro atoms. The summed E-state index contributed by atoms with van der Waals surface area (Å²) in [4.78, 5) is 12.7. The summed E-state index contributed by atoms with van der Waals surface area (Å²) in [6.07, 6.45) is 4.88. The molecule has 1 heterocycles. The summed E-state index contributed by atoms with van der Waals surface area (Å²) >= 11 is 0. The molecule has 0 aliphatic carbocycles. The second kappa shape index (κ2) is 8.58. The van der Waals surface area contributed by atoms with Crippen LogP contribution in [-0.2, 0) is 10.0 Å². The lowest BCUT2D eigenvalue weighted by molar-refractivity contribution is 0.104. The molecule has 0 atom stereocenters. The van der Waals surface area contributed by atoms with Crippen molar-refractivity contribution in [3.8, 4) is 11.5 Å². The molecule has 1 saturated heterocycles. The van der Waals surface area contributed by atoms with Crippen molar-refractivity contribution in [2.45, 2.75) is 17.7 Å². The first-order chi connectivity index (χ1) is 13.4. The van der Waals surface area contributed by atoms with Crippen molar-refractivity contribution in [3.05, 3.63) is 59.7 Å². The average molecular weight is 401 g/mol. The highest BCUT2D eigenvalue weighted by Gasteiger charge is 2.27. The van der Waals surface area contributed by atoms with E-state index in [1.807, 2.05) is 0 Å². The van der Waals surface area contributed by atoms with Crippen molar-refractivity contribution in [1.29, 1.82) is 0 Å². The molecule has 0 bridgehead atoms. The molecule has 1 aliphatic heterocycles. The van der Waals surface area contributed by atoms with Gasteiger partial charge in [0.2, 0.25) is 10.0 Å². The summed E-state index contributed by atoms with van der Waals surface area (Å²) in [5.74, 6) is 1.04. The number of benzene rings is 2. The van der Waals surface area contributed by atoms with Gasteiger partial charge in [-0.3, -0.25) is 4.79 Å². The highest BCUT2D eigenvalue weighted by Crippen LogP contribution is 2.24. The molecule has 0 aromatic heterocycles. The molecule has 2 aromatic rings. The average Bonchev–Trinajstić information content (AvgIpc) is 3.27. The third kappa shape index (κ3) is 4.43. The summed E-state index contributed by atoms with van der Waals surface area (Å²) in [5, 5.41) is 0. The zero-order valence-corrected chi connectivity index (χ0v) is 16.7. The molecule has 6 nitrogen and oxygen atoms in total. The third-order valence-electron chi connectivity index (χ3n) is 4.64. The normalized spacial score (nSPS) is 15.1. The second-order valence-electron chi connectivity index (χ2n) is 6.48. The number of carbonyl (C=O) groups excluding carboxylic acids is 1. The van der Waals surface area contributed by atoms with E-state index in [0.717, 1.165) is 18.4 Å². The number of ketones is 1. The maximum atomic E-state index is 12.6. The van der Waals surface area contributed by atoms with Gasteiger partial charge in [-0.25, -0.2) is 8.42 Å². The van der Waals surface area contributed by atoms with Crippen molar-refractivity contribution in [1.82, 2.24) is 4.31 Å². The SMILES string of the molecule is COc1cc(/C=C/C(=O)c2ccc(S(=O)(=O)N3CCCC3)cc2)cc(OC)c1. The Bertz CT molecular complexity index is 952. The van der Waals surface area contributed by atoms with Crippen LogP contribution >= 0.6 is 0 Å². The number of nitrogens with zero attached hydrogens (tertiary/aromatic N) is 1. The maximum absolute atomic E-state index is 12.6. The van der Waals surface area contributed by atoms with E-state index >= 15 is 0 Å². The highest BCUT2D eigenvalue weighted by molar-refractivity contribution is 7.89. The highest BCUT2D eigenvalue weighted by atomic mass is 32.2. The molecule has 0 radical (unpaired) electrons. The lowest BCUT2D eigenvalue weighted by Gasteiger charge is -2.15. The minimum atomic E-state index is -3.48. The summed E-state index contributed by atoms with van der Waals surface area (Å²) in [6, 6.07) is 11.4. The maximum Gasteiger partial charge on any atom is 0.243 e. The fraction of sp³-hybridized carbons (Fsp3) is 0.286. The van der Waals surface area contributed by atoms with Crippen molar-refractivity contribution >= 4 is 21.9 Å². The zero-order valence-electron chi connectivity index (χ0n) is 15.9. The van der Waals surface area contributed by atoms with E-state index in [1.165, 1.54) is 22.5 Å². The van der Waals surface area contributed by atoms with Crippen LogP contribution in [-0.4, -0.2) is 45.8 Å². The molecular weight excluding hydrogens is 378 g/mol. The van der Waals surface area contributed by atoms with Crippen LogP contribution in [0.25, 0.3) is 6.08 Å². The number of methoxy groups -OCH3 is 2. The Balaban J connectivity index is 1.75. The van der Waals surface area contributed by atoms with Gasteiger partial charge >= 0.3 is 0 Å². The van der Waals surface area contributed by atoms with Crippen molar-refractivity contribution in [2.75, 3.05) is 27.3 Å². The predicted octanol–water partition coefficient (Wildman–Crippen LogP) is 3.38. The summed E-state index contributed by atoms with van der Waals surface area (Å²) in [7, 11) is -0.354. The molecule has 0 unspecified atom stereocenters. The van der Waals surface area contributed by atoms with Crippen molar-refractivity contribution in [3.63, 3.8) is 0 Å². The number of rotatable bonds is 7. The third-order valence-corrected chi connectivity index (χ3v) is 6.56. The van der Waals surface area contributed by atoms with E-state index in [-0.39, 0.29) is 10.7 Å². The van der Waals surface area contributed by atoms with Crippen LogP contribution < -0.4 is 9.47 Å². The fourth-order valence-electron chi connectivity index (χ4n) is 3.06. The summed E-state index contributed by atoms with van der Waals surface area (Å²) in [5.41, 5.74) is 1.18. The fourth-order valence-corrected chi connectivity index (χ4v) is 4.58. The largest absolute Gasteiger partial charge is 0.497 e. The van der Waals surface area contributed by atoms with Crippen LogP contribution in [0.5, 0.6) is 11.5 Å². The number of hydrogen-bond acceptors (Lipinski definition) is 5. The molecular formula is C21H23NO5S. The molecule has 7 heteroatoms. The van der Waals surface area contributed by atoms with E-state index in [9.17, 15) is 13.2 Å². The van der Waals surface area contributed by atoms with Gasteiger partial charge in [0.15, 0.2) is 5.78 Å². The minimum Gasteiger partial charge on any atom is -0.497 e. The molecule has 0 amide bonds. The van der Waals surface area contributed by atoms with Crippen LogP contribution in [0.3, 0.4) is 0 Å². The molecule has 0 saturated carbocycles. The van der Waals surface area contributed by atoms with Crippen LogP contribution in [0.4, 0.5) is 0 Å². The Kier molecular flexibility index (Phi) is 6.16. The van der Waals surface area contributed by atoms with Gasteiger partial charge in [0, 0.05) is 24.7 Å². The monoisotopic (exact) mass is 401 g/mol. The Hall–Kier alpha value is -2.64. The Morgan fingerprint density at radius 2 is 1.54 bits per heavy atom. The quantitative estimate of drug-likeness (QED) is 0.525. The number of hydrogen-bond donors (Lipinski definition) is 0. The van der Waals surface area contributed by atoms with Crippen molar-refractivity contribution < 1.29 is 22.7 Å². The molecule has 1 fully saturated rings. The van der Waals surface area contributed by atoms with E-state index in [2.05, 4.69) is 0 Å². The first-order valence-corrected chi connectivity index (χ1v) is 10.4. The van der Waals surface area contributed by atoms with Gasteiger partial charge in [-0.2, -0.15) is 4.31 Å². The van der Waals surface area contributed by atoms with Gasteiger partial charge in [-0.15, -0.1) is 0 Å². The molecule has 0 N–H and O–H groups in total. The lowest BCUT2D eigenvalue weighted by atomic mass is 10.1. The van der Waals surface area contributed by atoms with Gasteiger partial charge in [0.05, 0.1) is 19.1 Å². The molecule has 28 heavy (non-hydrogen) atoms. The van der Waals surface area contributed by atoms with Crippen molar-refractivity contribution in [2.24, 2.45) is 0 Å². The standard InChI is InChI=1S/C21H23NO5S/c1-26-18-13-16(14-19(15-18)27-2)5-10-21(23)17-6-8-20(9-7-17)28(24,25)22-11-3-4-12-22/h5-10,13-15H,3-4,11-12H2,1-2H3/b10-5+. The van der Waals surface area contributed by atoms with Gasteiger partial charge in [-0.1, -0.05) is 6.08 Å².